The first kappa shape index (κ1) is 16.7. The number of hydrogen-bond acceptors (Lipinski definition) is 4. The third-order valence-electron chi connectivity index (χ3n) is 3.50. The van der Waals surface area contributed by atoms with Crippen molar-refractivity contribution in [2.24, 2.45) is 5.92 Å². The van der Waals surface area contributed by atoms with Crippen LogP contribution in [0.1, 0.15) is 26.2 Å². The summed E-state index contributed by atoms with van der Waals surface area (Å²) in [5.74, 6) is -0.744. The van der Waals surface area contributed by atoms with Crippen LogP contribution in [-0.2, 0) is 14.3 Å². The molecule has 3 N–H and O–H groups in total. The first-order valence-corrected chi connectivity index (χ1v) is 6.92. The zero-order valence-electron chi connectivity index (χ0n) is 12.1. The number of nitrogens with one attached hydrogen (secondary N) is 2. The maximum absolute atomic E-state index is 11.7. The van der Waals surface area contributed by atoms with Gasteiger partial charge in [-0.2, -0.15) is 0 Å². The summed E-state index contributed by atoms with van der Waals surface area (Å²) >= 11 is 0. The van der Waals surface area contributed by atoms with E-state index in [2.05, 4.69) is 10.6 Å². The summed E-state index contributed by atoms with van der Waals surface area (Å²) in [5, 5.41) is 14.2. The lowest BCUT2D eigenvalue weighted by Gasteiger charge is -2.18. The number of carboxylic acids is 1. The molecule has 3 unspecified atom stereocenters. The Bertz CT molecular complexity index is 324. The van der Waals surface area contributed by atoms with Gasteiger partial charge in [-0.15, -0.1) is 0 Å². The minimum Gasteiger partial charge on any atom is -0.480 e. The minimum absolute atomic E-state index is 0.132. The number of amides is 2. The minimum atomic E-state index is -1.03. The first-order chi connectivity index (χ1) is 9.54. The van der Waals surface area contributed by atoms with Gasteiger partial charge in [0, 0.05) is 32.8 Å². The number of methoxy groups -OCH3 is 1. The smallest absolute Gasteiger partial charge is 0.326 e. The molecule has 1 aliphatic heterocycles. The summed E-state index contributed by atoms with van der Waals surface area (Å²) < 4.78 is 10.3. The molecule has 0 aromatic heterocycles. The normalized spacial score (nSPS) is 23.3. The van der Waals surface area contributed by atoms with E-state index in [4.69, 9.17) is 14.6 Å². The van der Waals surface area contributed by atoms with Gasteiger partial charge in [0.1, 0.15) is 6.04 Å². The van der Waals surface area contributed by atoms with Crippen LogP contribution in [-0.4, -0.2) is 56.1 Å². The predicted octanol–water partition coefficient (Wildman–Crippen LogP) is 0.590. The van der Waals surface area contributed by atoms with E-state index in [9.17, 15) is 9.59 Å². The molecule has 1 fully saturated rings. The second-order valence-electron chi connectivity index (χ2n) is 5.00. The number of carbonyl (C=O) groups excluding carboxylic acids is 1. The molecular formula is C13H24N2O5. The van der Waals surface area contributed by atoms with Crippen LogP contribution in [0.15, 0.2) is 0 Å². The Labute approximate surface area is 119 Å². The molecule has 0 spiro atoms. The number of hydrogen-bond donors (Lipinski definition) is 3. The molecule has 7 heteroatoms. The van der Waals surface area contributed by atoms with Gasteiger partial charge in [0.2, 0.25) is 0 Å². The maximum Gasteiger partial charge on any atom is 0.326 e. The molecule has 1 saturated heterocycles. The van der Waals surface area contributed by atoms with Gasteiger partial charge in [0.05, 0.1) is 6.10 Å². The number of aliphatic carboxylic acids is 1. The van der Waals surface area contributed by atoms with Crippen molar-refractivity contribution >= 4 is 12.0 Å². The Morgan fingerprint density at radius 2 is 2.25 bits per heavy atom. The summed E-state index contributed by atoms with van der Waals surface area (Å²) in [6.07, 6.45) is 1.98. The molecular weight excluding hydrogens is 264 g/mol. The van der Waals surface area contributed by atoms with Crippen LogP contribution in [0.25, 0.3) is 0 Å². The standard InChI is InChI=1S/C13H24N2O5/c1-9-10(5-7-20-9)8-14-13(18)15-11(12(16)17)4-3-6-19-2/h9-11H,3-8H2,1-2H3,(H,16,17)(H2,14,15,18). The molecule has 1 heterocycles. The van der Waals surface area contributed by atoms with Crippen molar-refractivity contribution in [3.8, 4) is 0 Å². The lowest BCUT2D eigenvalue weighted by molar-refractivity contribution is -0.139. The van der Waals surface area contributed by atoms with E-state index in [-0.39, 0.29) is 12.0 Å². The van der Waals surface area contributed by atoms with Crippen LogP contribution in [0.3, 0.4) is 0 Å². The van der Waals surface area contributed by atoms with E-state index in [1.165, 1.54) is 0 Å². The molecule has 1 aliphatic rings. The first-order valence-electron chi connectivity index (χ1n) is 6.92. The van der Waals surface area contributed by atoms with Gasteiger partial charge in [-0.1, -0.05) is 0 Å². The summed E-state index contributed by atoms with van der Waals surface area (Å²) in [5.41, 5.74) is 0. The molecule has 0 aromatic rings. The number of ether oxygens (including phenoxy) is 2. The van der Waals surface area contributed by atoms with Crippen LogP contribution in [0.2, 0.25) is 0 Å². The highest BCUT2D eigenvalue weighted by Gasteiger charge is 2.25. The fraction of sp³-hybridized carbons (Fsp3) is 0.846. The van der Waals surface area contributed by atoms with Crippen LogP contribution in [0, 0.1) is 5.92 Å². The van der Waals surface area contributed by atoms with Crippen molar-refractivity contribution in [3.63, 3.8) is 0 Å². The van der Waals surface area contributed by atoms with Crippen molar-refractivity contribution < 1.29 is 24.2 Å². The third-order valence-corrected chi connectivity index (χ3v) is 3.50. The molecule has 1 rings (SSSR count). The quantitative estimate of drug-likeness (QED) is 0.568. The van der Waals surface area contributed by atoms with Gasteiger partial charge in [-0.25, -0.2) is 9.59 Å². The van der Waals surface area contributed by atoms with Gasteiger partial charge in [-0.05, 0) is 26.2 Å². The van der Waals surface area contributed by atoms with E-state index in [1.54, 1.807) is 7.11 Å². The van der Waals surface area contributed by atoms with Gasteiger partial charge in [0.15, 0.2) is 0 Å². The van der Waals surface area contributed by atoms with Gasteiger partial charge < -0.3 is 25.2 Å². The fourth-order valence-electron chi connectivity index (χ4n) is 2.17. The van der Waals surface area contributed by atoms with Crippen LogP contribution >= 0.6 is 0 Å². The highest BCUT2D eigenvalue weighted by Crippen LogP contribution is 2.19. The van der Waals surface area contributed by atoms with Crippen LogP contribution < -0.4 is 10.6 Å². The Hall–Kier alpha value is -1.34. The molecule has 0 saturated carbocycles. The fourth-order valence-corrected chi connectivity index (χ4v) is 2.17. The van der Waals surface area contributed by atoms with Gasteiger partial charge in [0.25, 0.3) is 0 Å². The molecule has 0 bridgehead atoms. The molecule has 2 amide bonds. The van der Waals surface area contributed by atoms with Crippen molar-refractivity contribution in [3.05, 3.63) is 0 Å². The SMILES string of the molecule is COCCCC(NC(=O)NCC1CCOC1C)C(=O)O. The Kier molecular flexibility index (Phi) is 7.32. The average molecular weight is 288 g/mol. The second kappa shape index (κ2) is 8.76. The zero-order chi connectivity index (χ0) is 15.0. The molecule has 7 nitrogen and oxygen atoms in total. The monoisotopic (exact) mass is 288 g/mol. The molecule has 0 radical (unpaired) electrons. The lowest BCUT2D eigenvalue weighted by Crippen LogP contribution is -2.47. The van der Waals surface area contributed by atoms with E-state index < -0.39 is 18.0 Å². The average Bonchev–Trinajstić information content (AvgIpc) is 2.81. The largest absolute Gasteiger partial charge is 0.480 e. The third kappa shape index (κ3) is 5.75. The Balaban J connectivity index is 2.28. The van der Waals surface area contributed by atoms with Crippen molar-refractivity contribution in [2.45, 2.75) is 38.3 Å². The second-order valence-corrected chi connectivity index (χ2v) is 5.00. The number of rotatable bonds is 8. The summed E-state index contributed by atoms with van der Waals surface area (Å²) in [6.45, 7) is 3.66. The van der Waals surface area contributed by atoms with Crippen LogP contribution in [0.4, 0.5) is 4.79 Å². The topological polar surface area (TPSA) is 96.9 Å². The zero-order valence-corrected chi connectivity index (χ0v) is 12.1. The molecule has 116 valence electrons. The van der Waals surface area contributed by atoms with E-state index in [0.717, 1.165) is 6.42 Å². The van der Waals surface area contributed by atoms with Crippen LogP contribution in [0.5, 0.6) is 0 Å². The van der Waals surface area contributed by atoms with E-state index >= 15 is 0 Å². The van der Waals surface area contributed by atoms with E-state index in [1.807, 2.05) is 6.92 Å². The highest BCUT2D eigenvalue weighted by atomic mass is 16.5. The Morgan fingerprint density at radius 3 is 2.80 bits per heavy atom. The maximum atomic E-state index is 11.7. The Morgan fingerprint density at radius 1 is 1.50 bits per heavy atom. The number of carbonyl (C=O) groups is 2. The summed E-state index contributed by atoms with van der Waals surface area (Å²) in [7, 11) is 1.56. The van der Waals surface area contributed by atoms with Gasteiger partial charge in [-0.3, -0.25) is 0 Å². The van der Waals surface area contributed by atoms with Crippen molar-refractivity contribution in [1.29, 1.82) is 0 Å². The highest BCUT2D eigenvalue weighted by molar-refractivity contribution is 5.82. The molecule has 20 heavy (non-hydrogen) atoms. The number of carboxylic acid groups (broad SMARTS) is 1. The number of urea groups is 1. The van der Waals surface area contributed by atoms with Crippen molar-refractivity contribution in [1.82, 2.24) is 10.6 Å². The summed E-state index contributed by atoms with van der Waals surface area (Å²) in [6, 6.07) is -1.34. The van der Waals surface area contributed by atoms with E-state index in [0.29, 0.717) is 32.6 Å². The lowest BCUT2D eigenvalue weighted by atomic mass is 10.0. The predicted molar refractivity (Wildman–Crippen MR) is 72.6 cm³/mol. The molecule has 3 atom stereocenters. The van der Waals surface area contributed by atoms with Gasteiger partial charge >= 0.3 is 12.0 Å². The summed E-state index contributed by atoms with van der Waals surface area (Å²) in [4.78, 5) is 22.7. The molecule has 0 aliphatic carbocycles. The molecule has 0 aromatic carbocycles. The van der Waals surface area contributed by atoms with Crippen molar-refractivity contribution in [2.75, 3.05) is 26.9 Å².